The summed E-state index contributed by atoms with van der Waals surface area (Å²) in [4.78, 5) is 14.3. The number of nitrogens with one attached hydrogen (secondary N) is 1. The van der Waals surface area contributed by atoms with E-state index in [9.17, 15) is 4.79 Å². The van der Waals surface area contributed by atoms with E-state index in [1.54, 1.807) is 11.8 Å². The molecule has 1 aliphatic rings. The molecule has 3 nitrogen and oxygen atoms in total. The first-order valence-electron chi connectivity index (χ1n) is 11.0. The second-order valence-electron chi connectivity index (χ2n) is 8.06. The summed E-state index contributed by atoms with van der Waals surface area (Å²) in [6.07, 6.45) is 2.62. The Kier molecular flexibility index (Phi) is 6.67. The standard InChI is InChI=1S/C27H29NO2S/c1-3-27(4-2)18-24(23-12-8-9-13-25(23)30-27)28-26(29)21-16-14-20(15-17-21)19-31-22-10-6-5-7-11-22/h5-17,24H,3-4,18-19H2,1-2H3,(H,28,29)/t24-/m0/s1. The van der Waals surface area contributed by atoms with Crippen LogP contribution in [0, 0.1) is 0 Å². The molecule has 0 saturated heterocycles. The Bertz CT molecular complexity index is 1010. The molecule has 1 aliphatic heterocycles. The maximum atomic E-state index is 13.0. The average Bonchev–Trinajstić information content (AvgIpc) is 2.83. The highest BCUT2D eigenvalue weighted by atomic mass is 32.2. The van der Waals surface area contributed by atoms with Gasteiger partial charge in [-0.25, -0.2) is 0 Å². The van der Waals surface area contributed by atoms with Gasteiger partial charge in [-0.15, -0.1) is 11.8 Å². The molecule has 3 aromatic carbocycles. The Morgan fingerprint density at radius 2 is 1.65 bits per heavy atom. The van der Waals surface area contributed by atoms with Gasteiger partial charge in [0, 0.05) is 28.2 Å². The largest absolute Gasteiger partial charge is 0.487 e. The van der Waals surface area contributed by atoms with Crippen molar-refractivity contribution in [1.29, 1.82) is 0 Å². The van der Waals surface area contributed by atoms with Gasteiger partial charge in [-0.1, -0.05) is 62.4 Å². The van der Waals surface area contributed by atoms with Gasteiger partial charge in [0.1, 0.15) is 11.4 Å². The molecule has 1 N–H and O–H groups in total. The molecule has 0 spiro atoms. The molecule has 160 valence electrons. The van der Waals surface area contributed by atoms with E-state index in [1.807, 2.05) is 48.5 Å². The fourth-order valence-electron chi connectivity index (χ4n) is 4.11. The van der Waals surface area contributed by atoms with Crippen LogP contribution < -0.4 is 10.1 Å². The Morgan fingerprint density at radius 1 is 0.968 bits per heavy atom. The van der Waals surface area contributed by atoms with Gasteiger partial charge in [-0.2, -0.15) is 0 Å². The van der Waals surface area contributed by atoms with E-state index in [4.69, 9.17) is 4.74 Å². The van der Waals surface area contributed by atoms with Crippen LogP contribution in [0.4, 0.5) is 0 Å². The fraction of sp³-hybridized carbons (Fsp3) is 0.296. The first-order valence-corrected chi connectivity index (χ1v) is 12.0. The fourth-order valence-corrected chi connectivity index (χ4v) is 4.98. The monoisotopic (exact) mass is 431 g/mol. The van der Waals surface area contributed by atoms with Gasteiger partial charge in [0.15, 0.2) is 0 Å². The number of carbonyl (C=O) groups is 1. The van der Waals surface area contributed by atoms with Crippen molar-refractivity contribution < 1.29 is 9.53 Å². The van der Waals surface area contributed by atoms with Crippen molar-refractivity contribution in [3.63, 3.8) is 0 Å². The summed E-state index contributed by atoms with van der Waals surface area (Å²) in [6, 6.07) is 26.3. The number of benzene rings is 3. The molecule has 0 unspecified atom stereocenters. The SMILES string of the molecule is CCC1(CC)C[C@H](NC(=O)c2ccc(CSc3ccccc3)cc2)c2ccccc2O1. The highest BCUT2D eigenvalue weighted by molar-refractivity contribution is 7.98. The lowest BCUT2D eigenvalue weighted by Gasteiger charge is -2.41. The molecule has 1 heterocycles. The molecule has 0 radical (unpaired) electrons. The van der Waals surface area contributed by atoms with Crippen LogP contribution in [-0.2, 0) is 5.75 Å². The van der Waals surface area contributed by atoms with E-state index in [1.165, 1.54) is 10.5 Å². The lowest BCUT2D eigenvalue weighted by Crippen LogP contribution is -2.44. The van der Waals surface area contributed by atoms with Crippen molar-refractivity contribution in [2.24, 2.45) is 0 Å². The van der Waals surface area contributed by atoms with Crippen LogP contribution in [-0.4, -0.2) is 11.5 Å². The Hall–Kier alpha value is -2.72. The molecular formula is C27H29NO2S. The molecule has 4 rings (SSSR count). The van der Waals surface area contributed by atoms with Gasteiger partial charge in [0.25, 0.3) is 5.91 Å². The number of carbonyl (C=O) groups excluding carboxylic acids is 1. The maximum absolute atomic E-state index is 13.0. The van der Waals surface area contributed by atoms with Gasteiger partial charge < -0.3 is 10.1 Å². The minimum Gasteiger partial charge on any atom is -0.487 e. The lowest BCUT2D eigenvalue weighted by molar-refractivity contribution is 0.0227. The summed E-state index contributed by atoms with van der Waals surface area (Å²) in [5, 5.41) is 3.27. The second kappa shape index (κ2) is 9.61. The smallest absolute Gasteiger partial charge is 0.251 e. The number of amides is 1. The van der Waals surface area contributed by atoms with Crippen LogP contribution in [0.2, 0.25) is 0 Å². The molecule has 31 heavy (non-hydrogen) atoms. The minimum absolute atomic E-state index is 0.0370. The van der Waals surface area contributed by atoms with E-state index < -0.39 is 0 Å². The van der Waals surface area contributed by atoms with Crippen molar-refractivity contribution in [2.45, 2.75) is 55.4 Å². The van der Waals surface area contributed by atoms with Gasteiger partial charge in [0.05, 0.1) is 6.04 Å². The van der Waals surface area contributed by atoms with Crippen molar-refractivity contribution >= 4 is 17.7 Å². The van der Waals surface area contributed by atoms with Crippen molar-refractivity contribution in [3.8, 4) is 5.75 Å². The topological polar surface area (TPSA) is 38.3 Å². The summed E-state index contributed by atoms with van der Waals surface area (Å²) < 4.78 is 6.36. The maximum Gasteiger partial charge on any atom is 0.251 e. The first-order chi connectivity index (χ1) is 15.1. The molecule has 0 saturated carbocycles. The normalized spacial score (nSPS) is 16.8. The second-order valence-corrected chi connectivity index (χ2v) is 9.11. The molecule has 0 aromatic heterocycles. The van der Waals surface area contributed by atoms with Gasteiger partial charge in [0.2, 0.25) is 0 Å². The Labute approximate surface area is 189 Å². The van der Waals surface area contributed by atoms with Gasteiger partial charge in [-0.05, 0) is 48.7 Å². The van der Waals surface area contributed by atoms with E-state index in [-0.39, 0.29) is 17.6 Å². The zero-order chi connectivity index (χ0) is 21.7. The van der Waals surface area contributed by atoms with Crippen molar-refractivity contribution in [2.75, 3.05) is 0 Å². The lowest BCUT2D eigenvalue weighted by atomic mass is 9.83. The molecule has 0 aliphatic carbocycles. The zero-order valence-electron chi connectivity index (χ0n) is 18.1. The van der Waals surface area contributed by atoms with Crippen molar-refractivity contribution in [1.82, 2.24) is 5.32 Å². The molecule has 3 aromatic rings. The molecule has 0 fully saturated rings. The molecule has 4 heteroatoms. The van der Waals surface area contributed by atoms with Crippen LogP contribution in [0.1, 0.15) is 60.6 Å². The van der Waals surface area contributed by atoms with Crippen LogP contribution >= 0.6 is 11.8 Å². The van der Waals surface area contributed by atoms with Crippen LogP contribution in [0.3, 0.4) is 0 Å². The number of thioether (sulfide) groups is 1. The predicted octanol–water partition coefficient (Wildman–Crippen LogP) is 6.79. The number of fused-ring (bicyclic) bond motifs is 1. The number of para-hydroxylation sites is 1. The summed E-state index contributed by atoms with van der Waals surface area (Å²) >= 11 is 1.80. The third-order valence-electron chi connectivity index (χ3n) is 6.16. The quantitative estimate of drug-likeness (QED) is 0.419. The first kappa shape index (κ1) is 21.5. The molecular weight excluding hydrogens is 402 g/mol. The summed E-state index contributed by atoms with van der Waals surface area (Å²) in [7, 11) is 0. The van der Waals surface area contributed by atoms with E-state index in [0.717, 1.165) is 36.3 Å². The van der Waals surface area contributed by atoms with E-state index >= 15 is 0 Å². The predicted molar refractivity (Wildman–Crippen MR) is 128 cm³/mol. The van der Waals surface area contributed by atoms with Crippen LogP contribution in [0.5, 0.6) is 5.75 Å². The molecule has 0 bridgehead atoms. The zero-order valence-corrected chi connectivity index (χ0v) is 19.0. The summed E-state index contributed by atoms with van der Waals surface area (Å²) in [5.74, 6) is 1.73. The third kappa shape index (κ3) is 4.96. The minimum atomic E-state index is -0.231. The van der Waals surface area contributed by atoms with Crippen LogP contribution in [0.15, 0.2) is 83.8 Å². The number of hydrogen-bond acceptors (Lipinski definition) is 3. The number of ether oxygens (including phenoxy) is 1. The van der Waals surface area contributed by atoms with Crippen LogP contribution in [0.25, 0.3) is 0 Å². The third-order valence-corrected chi connectivity index (χ3v) is 7.24. The highest BCUT2D eigenvalue weighted by Gasteiger charge is 2.38. The van der Waals surface area contributed by atoms with E-state index in [2.05, 4.69) is 49.5 Å². The summed E-state index contributed by atoms with van der Waals surface area (Å²) in [5.41, 5.74) is 2.73. The summed E-state index contributed by atoms with van der Waals surface area (Å²) in [6.45, 7) is 4.31. The number of hydrogen-bond donors (Lipinski definition) is 1. The number of rotatable bonds is 7. The molecule has 1 atom stereocenters. The van der Waals surface area contributed by atoms with Gasteiger partial charge in [-0.3, -0.25) is 4.79 Å². The van der Waals surface area contributed by atoms with Gasteiger partial charge >= 0.3 is 0 Å². The van der Waals surface area contributed by atoms with E-state index in [0.29, 0.717) is 5.56 Å². The average molecular weight is 432 g/mol. The van der Waals surface area contributed by atoms with Crippen molar-refractivity contribution in [3.05, 3.63) is 95.6 Å². The highest BCUT2D eigenvalue weighted by Crippen LogP contribution is 2.42. The Morgan fingerprint density at radius 3 is 2.35 bits per heavy atom. The molecule has 1 amide bonds. The Balaban J connectivity index is 1.45.